The second-order valence-corrected chi connectivity index (χ2v) is 6.94. The van der Waals surface area contributed by atoms with Crippen LogP contribution in [0, 0.1) is 5.82 Å². The molecule has 0 atom stereocenters. The summed E-state index contributed by atoms with van der Waals surface area (Å²) in [6.07, 6.45) is 2.46. The smallest absolute Gasteiger partial charge is 0.258 e. The molecule has 0 radical (unpaired) electrons. The molecule has 2 aromatic carbocycles. The first-order chi connectivity index (χ1) is 13.1. The standard InChI is InChI=1S/C20H19FN2O3S/c1-25-17-4-2-3-5-18(17)26-13-19(24)22-12-20-23-11-16(27-20)10-14-6-8-15(21)9-7-14/h2-9,11H,10,12-13H2,1H3,(H,22,24). The average molecular weight is 386 g/mol. The van der Waals surface area contributed by atoms with Gasteiger partial charge < -0.3 is 14.8 Å². The molecule has 0 saturated heterocycles. The SMILES string of the molecule is COc1ccccc1OCC(=O)NCc1ncc(Cc2ccc(F)cc2)s1. The average Bonchev–Trinajstić information content (AvgIpc) is 3.14. The molecule has 3 rings (SSSR count). The Morgan fingerprint density at radius 3 is 2.63 bits per heavy atom. The summed E-state index contributed by atoms with van der Waals surface area (Å²) in [6.45, 7) is 0.233. The van der Waals surface area contributed by atoms with Gasteiger partial charge in [-0.3, -0.25) is 4.79 Å². The van der Waals surface area contributed by atoms with Gasteiger partial charge in [0.25, 0.3) is 5.91 Å². The molecule has 27 heavy (non-hydrogen) atoms. The first kappa shape index (κ1) is 18.8. The fraction of sp³-hybridized carbons (Fsp3) is 0.200. The van der Waals surface area contributed by atoms with E-state index in [0.717, 1.165) is 15.4 Å². The van der Waals surface area contributed by atoms with E-state index in [4.69, 9.17) is 9.47 Å². The van der Waals surface area contributed by atoms with Crippen molar-refractivity contribution < 1.29 is 18.7 Å². The molecular formula is C20H19FN2O3S. The van der Waals surface area contributed by atoms with E-state index in [2.05, 4.69) is 10.3 Å². The van der Waals surface area contributed by atoms with E-state index in [-0.39, 0.29) is 18.3 Å². The number of amides is 1. The lowest BCUT2D eigenvalue weighted by molar-refractivity contribution is -0.123. The van der Waals surface area contributed by atoms with Crippen LogP contribution in [0.1, 0.15) is 15.4 Å². The summed E-state index contributed by atoms with van der Waals surface area (Å²) in [4.78, 5) is 17.4. The van der Waals surface area contributed by atoms with Crippen LogP contribution in [0.25, 0.3) is 0 Å². The zero-order chi connectivity index (χ0) is 19.1. The minimum Gasteiger partial charge on any atom is -0.493 e. The number of hydrogen-bond acceptors (Lipinski definition) is 5. The van der Waals surface area contributed by atoms with Gasteiger partial charge in [0.2, 0.25) is 0 Å². The second-order valence-electron chi connectivity index (χ2n) is 5.74. The summed E-state index contributed by atoms with van der Waals surface area (Å²) >= 11 is 1.51. The number of carbonyl (C=O) groups is 1. The van der Waals surface area contributed by atoms with E-state index in [0.29, 0.717) is 24.5 Å². The number of methoxy groups -OCH3 is 1. The Bertz CT molecular complexity index is 896. The highest BCUT2D eigenvalue weighted by Crippen LogP contribution is 2.25. The van der Waals surface area contributed by atoms with Crippen LogP contribution in [0.2, 0.25) is 0 Å². The molecule has 1 heterocycles. The Balaban J connectivity index is 1.46. The molecule has 0 spiro atoms. The third-order valence-electron chi connectivity index (χ3n) is 3.76. The van der Waals surface area contributed by atoms with Crippen LogP contribution in [0.5, 0.6) is 11.5 Å². The first-order valence-corrected chi connectivity index (χ1v) is 9.16. The van der Waals surface area contributed by atoms with Crippen LogP contribution in [0.15, 0.2) is 54.7 Å². The van der Waals surface area contributed by atoms with Gasteiger partial charge in [0.15, 0.2) is 18.1 Å². The second kappa shape index (κ2) is 9.14. The number of hydrogen-bond donors (Lipinski definition) is 1. The predicted octanol–water partition coefficient (Wildman–Crippen LogP) is 3.58. The van der Waals surface area contributed by atoms with Gasteiger partial charge >= 0.3 is 0 Å². The number of halogens is 1. The zero-order valence-electron chi connectivity index (χ0n) is 14.8. The third-order valence-corrected chi connectivity index (χ3v) is 4.75. The Labute approximate surface area is 160 Å². The van der Waals surface area contributed by atoms with Crippen molar-refractivity contribution in [3.05, 3.63) is 76.0 Å². The van der Waals surface area contributed by atoms with Gasteiger partial charge in [0, 0.05) is 17.5 Å². The van der Waals surface area contributed by atoms with E-state index < -0.39 is 0 Å². The molecule has 1 N–H and O–H groups in total. The predicted molar refractivity (Wildman–Crippen MR) is 102 cm³/mol. The summed E-state index contributed by atoms with van der Waals surface area (Å²) in [5.41, 5.74) is 1.01. The minimum atomic E-state index is -0.248. The topological polar surface area (TPSA) is 60.5 Å². The summed E-state index contributed by atoms with van der Waals surface area (Å²) in [7, 11) is 1.55. The lowest BCUT2D eigenvalue weighted by Gasteiger charge is -2.10. The summed E-state index contributed by atoms with van der Waals surface area (Å²) < 4.78 is 23.6. The van der Waals surface area contributed by atoms with Gasteiger partial charge in [-0.2, -0.15) is 0 Å². The fourth-order valence-electron chi connectivity index (χ4n) is 2.42. The number of benzene rings is 2. The molecule has 0 aliphatic rings. The molecule has 0 saturated carbocycles. The zero-order valence-corrected chi connectivity index (χ0v) is 15.6. The summed E-state index contributed by atoms with van der Waals surface area (Å²) in [5.74, 6) is 0.611. The number of thiazole rings is 1. The summed E-state index contributed by atoms with van der Waals surface area (Å²) in [6, 6.07) is 13.6. The van der Waals surface area contributed by atoms with Crippen LogP contribution >= 0.6 is 11.3 Å². The Hall–Kier alpha value is -2.93. The van der Waals surface area contributed by atoms with Gasteiger partial charge in [-0.1, -0.05) is 24.3 Å². The van der Waals surface area contributed by atoms with Crippen molar-refractivity contribution in [1.29, 1.82) is 0 Å². The van der Waals surface area contributed by atoms with E-state index in [1.807, 2.05) is 12.1 Å². The first-order valence-electron chi connectivity index (χ1n) is 8.34. The maximum Gasteiger partial charge on any atom is 0.258 e. The van der Waals surface area contributed by atoms with Crippen LogP contribution in [0.4, 0.5) is 4.39 Å². The molecule has 7 heteroatoms. The van der Waals surface area contributed by atoms with E-state index in [1.54, 1.807) is 37.6 Å². The molecule has 1 aromatic heterocycles. The monoisotopic (exact) mass is 386 g/mol. The highest BCUT2D eigenvalue weighted by molar-refractivity contribution is 7.11. The van der Waals surface area contributed by atoms with Crippen LogP contribution in [-0.2, 0) is 17.8 Å². The van der Waals surface area contributed by atoms with Gasteiger partial charge in [0.05, 0.1) is 13.7 Å². The highest BCUT2D eigenvalue weighted by Gasteiger charge is 2.09. The lowest BCUT2D eigenvalue weighted by atomic mass is 10.1. The number of para-hydroxylation sites is 2. The van der Waals surface area contributed by atoms with E-state index in [9.17, 15) is 9.18 Å². The van der Waals surface area contributed by atoms with Crippen molar-refractivity contribution in [2.75, 3.05) is 13.7 Å². The van der Waals surface area contributed by atoms with Crippen molar-refractivity contribution >= 4 is 17.2 Å². The highest BCUT2D eigenvalue weighted by atomic mass is 32.1. The van der Waals surface area contributed by atoms with Crippen LogP contribution < -0.4 is 14.8 Å². The Morgan fingerprint density at radius 1 is 1.15 bits per heavy atom. The molecule has 0 fully saturated rings. The number of nitrogens with one attached hydrogen (secondary N) is 1. The number of carbonyl (C=O) groups excluding carboxylic acids is 1. The van der Waals surface area contributed by atoms with Gasteiger partial charge in [-0.05, 0) is 29.8 Å². The fourth-order valence-corrected chi connectivity index (χ4v) is 3.32. The normalized spacial score (nSPS) is 10.4. The number of rotatable bonds is 8. The largest absolute Gasteiger partial charge is 0.493 e. The molecule has 1 amide bonds. The molecule has 0 aliphatic carbocycles. The van der Waals surface area contributed by atoms with Gasteiger partial charge in [-0.15, -0.1) is 11.3 Å². The molecule has 3 aromatic rings. The quantitative estimate of drug-likeness (QED) is 0.643. The van der Waals surface area contributed by atoms with Crippen molar-refractivity contribution in [3.63, 3.8) is 0 Å². The van der Waals surface area contributed by atoms with E-state index >= 15 is 0 Å². The van der Waals surface area contributed by atoms with Gasteiger partial charge in [-0.25, -0.2) is 9.37 Å². The molecule has 0 aliphatic heterocycles. The summed E-state index contributed by atoms with van der Waals surface area (Å²) in [5, 5.41) is 3.59. The van der Waals surface area contributed by atoms with Crippen molar-refractivity contribution in [3.8, 4) is 11.5 Å². The third kappa shape index (κ3) is 5.52. The maximum atomic E-state index is 13.0. The minimum absolute atomic E-state index is 0.103. The molecular weight excluding hydrogens is 367 g/mol. The van der Waals surface area contributed by atoms with Crippen molar-refractivity contribution in [2.24, 2.45) is 0 Å². The number of ether oxygens (including phenoxy) is 2. The molecule has 0 bridgehead atoms. The molecule has 0 unspecified atom stereocenters. The molecule has 5 nitrogen and oxygen atoms in total. The maximum absolute atomic E-state index is 13.0. The van der Waals surface area contributed by atoms with Crippen molar-refractivity contribution in [1.82, 2.24) is 10.3 Å². The number of aromatic nitrogens is 1. The van der Waals surface area contributed by atoms with Crippen LogP contribution in [0.3, 0.4) is 0 Å². The van der Waals surface area contributed by atoms with Gasteiger partial charge in [0.1, 0.15) is 10.8 Å². The van der Waals surface area contributed by atoms with E-state index in [1.165, 1.54) is 23.5 Å². The molecule has 140 valence electrons. The Morgan fingerprint density at radius 2 is 1.89 bits per heavy atom. The van der Waals surface area contributed by atoms with Crippen molar-refractivity contribution in [2.45, 2.75) is 13.0 Å². The Kier molecular flexibility index (Phi) is 6.38. The van der Waals surface area contributed by atoms with Crippen LogP contribution in [-0.4, -0.2) is 24.6 Å². The lowest BCUT2D eigenvalue weighted by Crippen LogP contribution is -2.28. The number of nitrogens with zero attached hydrogens (tertiary/aromatic N) is 1.